The van der Waals surface area contributed by atoms with Gasteiger partial charge in [0.25, 0.3) is 5.91 Å². The van der Waals surface area contributed by atoms with Gasteiger partial charge in [0.05, 0.1) is 17.9 Å². The SMILES string of the molecule is Cc1cccc(C(=O)NCc2nnc(SCC(=O)Nc3ccc(C(=O)O)cc3)n2C)c1. The van der Waals surface area contributed by atoms with Crippen molar-refractivity contribution in [1.82, 2.24) is 20.1 Å². The van der Waals surface area contributed by atoms with Gasteiger partial charge in [0, 0.05) is 18.3 Å². The van der Waals surface area contributed by atoms with Crippen LogP contribution in [0.4, 0.5) is 5.69 Å². The Bertz CT molecular complexity index is 1110. The number of aryl methyl sites for hydroxylation is 1. The molecule has 3 aromatic rings. The zero-order valence-corrected chi connectivity index (χ0v) is 17.8. The monoisotopic (exact) mass is 439 g/mol. The maximum Gasteiger partial charge on any atom is 0.335 e. The van der Waals surface area contributed by atoms with Gasteiger partial charge in [-0.2, -0.15) is 0 Å². The fraction of sp³-hybridized carbons (Fsp3) is 0.190. The van der Waals surface area contributed by atoms with E-state index in [0.29, 0.717) is 22.2 Å². The molecule has 0 radical (unpaired) electrons. The van der Waals surface area contributed by atoms with Crippen molar-refractivity contribution in [1.29, 1.82) is 0 Å². The van der Waals surface area contributed by atoms with Gasteiger partial charge < -0.3 is 20.3 Å². The number of amides is 2. The lowest BCUT2D eigenvalue weighted by atomic mass is 10.1. The number of carbonyl (C=O) groups is 3. The van der Waals surface area contributed by atoms with E-state index in [0.717, 1.165) is 5.56 Å². The molecular formula is C21H21N5O4S. The molecule has 0 fully saturated rings. The number of nitrogens with one attached hydrogen (secondary N) is 2. The molecule has 0 aliphatic rings. The van der Waals surface area contributed by atoms with Crippen LogP contribution in [0.1, 0.15) is 32.1 Å². The smallest absolute Gasteiger partial charge is 0.335 e. The van der Waals surface area contributed by atoms with Gasteiger partial charge in [0.2, 0.25) is 5.91 Å². The highest BCUT2D eigenvalue weighted by Gasteiger charge is 2.13. The predicted molar refractivity (Wildman–Crippen MR) is 116 cm³/mol. The van der Waals surface area contributed by atoms with Crippen LogP contribution in [0.3, 0.4) is 0 Å². The molecule has 160 valence electrons. The first kappa shape index (κ1) is 22.0. The van der Waals surface area contributed by atoms with Gasteiger partial charge in [-0.05, 0) is 43.3 Å². The zero-order valence-electron chi connectivity index (χ0n) is 17.0. The molecular weight excluding hydrogens is 418 g/mol. The van der Waals surface area contributed by atoms with Crippen molar-refractivity contribution in [3.05, 3.63) is 71.0 Å². The molecule has 0 atom stereocenters. The third-order valence-electron chi connectivity index (χ3n) is 4.36. The summed E-state index contributed by atoms with van der Waals surface area (Å²) in [4.78, 5) is 35.3. The Balaban J connectivity index is 1.51. The molecule has 31 heavy (non-hydrogen) atoms. The molecule has 3 rings (SSSR count). The van der Waals surface area contributed by atoms with E-state index in [1.165, 1.54) is 36.0 Å². The van der Waals surface area contributed by atoms with E-state index in [1.807, 2.05) is 19.1 Å². The summed E-state index contributed by atoms with van der Waals surface area (Å²) >= 11 is 1.21. The second-order valence-corrected chi connectivity index (χ2v) is 7.67. The Morgan fingerprint density at radius 1 is 1.06 bits per heavy atom. The molecule has 0 bridgehead atoms. The second-order valence-electron chi connectivity index (χ2n) is 6.73. The number of carboxylic acids is 1. The molecule has 0 aliphatic heterocycles. The van der Waals surface area contributed by atoms with Crippen LogP contribution < -0.4 is 10.6 Å². The number of rotatable bonds is 8. The largest absolute Gasteiger partial charge is 0.478 e. The second kappa shape index (κ2) is 9.90. The zero-order chi connectivity index (χ0) is 22.4. The van der Waals surface area contributed by atoms with Crippen LogP contribution in [0, 0.1) is 6.92 Å². The molecule has 0 saturated heterocycles. The number of thioether (sulfide) groups is 1. The topological polar surface area (TPSA) is 126 Å². The molecule has 0 unspecified atom stereocenters. The van der Waals surface area contributed by atoms with Crippen LogP contribution in [0.2, 0.25) is 0 Å². The molecule has 0 spiro atoms. The van der Waals surface area contributed by atoms with Gasteiger partial charge in [-0.1, -0.05) is 29.5 Å². The highest BCUT2D eigenvalue weighted by atomic mass is 32.2. The summed E-state index contributed by atoms with van der Waals surface area (Å²) in [6.07, 6.45) is 0. The maximum absolute atomic E-state index is 12.3. The minimum absolute atomic E-state index is 0.0995. The Kier molecular flexibility index (Phi) is 7.03. The molecule has 0 aliphatic carbocycles. The normalized spacial score (nSPS) is 10.5. The number of aromatic nitrogens is 3. The number of benzene rings is 2. The molecule has 0 saturated carbocycles. The van der Waals surface area contributed by atoms with Crippen molar-refractivity contribution in [3.63, 3.8) is 0 Å². The molecule has 2 aromatic carbocycles. The fourth-order valence-corrected chi connectivity index (χ4v) is 3.43. The van der Waals surface area contributed by atoms with E-state index in [-0.39, 0.29) is 29.7 Å². The maximum atomic E-state index is 12.3. The number of aromatic carboxylic acids is 1. The third kappa shape index (κ3) is 5.92. The fourth-order valence-electron chi connectivity index (χ4n) is 2.70. The van der Waals surface area contributed by atoms with Crippen molar-refractivity contribution in [2.24, 2.45) is 7.05 Å². The number of carbonyl (C=O) groups excluding carboxylic acids is 2. The summed E-state index contributed by atoms with van der Waals surface area (Å²) in [5.74, 6) is -0.822. The summed E-state index contributed by atoms with van der Waals surface area (Å²) in [5.41, 5.74) is 2.23. The van der Waals surface area contributed by atoms with Crippen LogP contribution in [-0.2, 0) is 18.4 Å². The summed E-state index contributed by atoms with van der Waals surface area (Å²) in [6.45, 7) is 2.13. The average molecular weight is 439 g/mol. The number of carboxylic acid groups (broad SMARTS) is 1. The number of hydrogen-bond acceptors (Lipinski definition) is 6. The summed E-state index contributed by atoms with van der Waals surface area (Å²) in [5, 5.41) is 23.1. The van der Waals surface area contributed by atoms with Crippen LogP contribution in [0.15, 0.2) is 53.7 Å². The van der Waals surface area contributed by atoms with E-state index in [1.54, 1.807) is 23.7 Å². The van der Waals surface area contributed by atoms with Crippen molar-refractivity contribution in [2.45, 2.75) is 18.6 Å². The Labute approximate surface area is 182 Å². The first-order valence-electron chi connectivity index (χ1n) is 9.32. The lowest BCUT2D eigenvalue weighted by Crippen LogP contribution is -2.24. The molecule has 1 aromatic heterocycles. The van der Waals surface area contributed by atoms with Crippen molar-refractivity contribution in [2.75, 3.05) is 11.1 Å². The molecule has 9 nitrogen and oxygen atoms in total. The van der Waals surface area contributed by atoms with Crippen LogP contribution in [-0.4, -0.2) is 43.4 Å². The predicted octanol–water partition coefficient (Wildman–Crippen LogP) is 2.48. The molecule has 10 heteroatoms. The van der Waals surface area contributed by atoms with E-state index in [4.69, 9.17) is 5.11 Å². The van der Waals surface area contributed by atoms with Gasteiger partial charge in [0.15, 0.2) is 11.0 Å². The number of anilines is 1. The first-order chi connectivity index (χ1) is 14.8. The Hall–Kier alpha value is -3.66. The standard InChI is InChI=1S/C21H21N5O4S/c1-13-4-3-5-15(10-13)19(28)22-11-17-24-25-21(26(17)2)31-12-18(27)23-16-8-6-14(7-9-16)20(29)30/h3-10H,11-12H2,1-2H3,(H,22,28)(H,23,27)(H,29,30). The van der Waals surface area contributed by atoms with Gasteiger partial charge in [-0.25, -0.2) is 4.79 Å². The summed E-state index contributed by atoms with van der Waals surface area (Å²) in [7, 11) is 1.76. The van der Waals surface area contributed by atoms with Gasteiger partial charge in [-0.15, -0.1) is 10.2 Å². The van der Waals surface area contributed by atoms with E-state index >= 15 is 0 Å². The van der Waals surface area contributed by atoms with E-state index < -0.39 is 5.97 Å². The lowest BCUT2D eigenvalue weighted by molar-refractivity contribution is -0.113. The van der Waals surface area contributed by atoms with Gasteiger partial charge in [-0.3, -0.25) is 9.59 Å². The van der Waals surface area contributed by atoms with Crippen LogP contribution in [0.25, 0.3) is 0 Å². The van der Waals surface area contributed by atoms with Crippen molar-refractivity contribution >= 4 is 35.2 Å². The molecule has 1 heterocycles. The highest BCUT2D eigenvalue weighted by Crippen LogP contribution is 2.17. The van der Waals surface area contributed by atoms with E-state index in [2.05, 4.69) is 20.8 Å². The van der Waals surface area contributed by atoms with Crippen LogP contribution >= 0.6 is 11.8 Å². The third-order valence-corrected chi connectivity index (χ3v) is 5.38. The van der Waals surface area contributed by atoms with E-state index in [9.17, 15) is 14.4 Å². The average Bonchev–Trinajstić information content (AvgIpc) is 3.10. The Morgan fingerprint density at radius 2 is 1.81 bits per heavy atom. The summed E-state index contributed by atoms with van der Waals surface area (Å²) < 4.78 is 1.72. The lowest BCUT2D eigenvalue weighted by Gasteiger charge is -2.07. The summed E-state index contributed by atoms with van der Waals surface area (Å²) in [6, 6.07) is 13.2. The molecule has 3 N–H and O–H groups in total. The quantitative estimate of drug-likeness (QED) is 0.460. The van der Waals surface area contributed by atoms with Crippen LogP contribution in [0.5, 0.6) is 0 Å². The van der Waals surface area contributed by atoms with Gasteiger partial charge >= 0.3 is 5.97 Å². The van der Waals surface area contributed by atoms with Gasteiger partial charge in [0.1, 0.15) is 0 Å². The number of hydrogen-bond donors (Lipinski definition) is 3. The highest BCUT2D eigenvalue weighted by molar-refractivity contribution is 7.99. The molecule has 2 amide bonds. The number of nitrogens with zero attached hydrogens (tertiary/aromatic N) is 3. The first-order valence-corrected chi connectivity index (χ1v) is 10.3. The van der Waals surface area contributed by atoms with Crippen molar-refractivity contribution in [3.8, 4) is 0 Å². The van der Waals surface area contributed by atoms with Crippen molar-refractivity contribution < 1.29 is 19.5 Å². The minimum Gasteiger partial charge on any atom is -0.478 e. The minimum atomic E-state index is -1.03. The Morgan fingerprint density at radius 3 is 2.48 bits per heavy atom.